The topological polar surface area (TPSA) is 26.0 Å². The molecule has 8 heavy (non-hydrogen) atoms. The van der Waals surface area contributed by atoms with Gasteiger partial charge in [-0.05, 0) is 25.2 Å². The van der Waals surface area contributed by atoms with Gasteiger partial charge in [-0.25, -0.2) is 0 Å². The first-order valence-corrected chi connectivity index (χ1v) is 3.25. The Balaban J connectivity index is 2.63. The van der Waals surface area contributed by atoms with Crippen LogP contribution in [0.15, 0.2) is 0 Å². The number of hydrogen-bond donors (Lipinski definition) is 1. The van der Waals surface area contributed by atoms with E-state index in [9.17, 15) is 0 Å². The molecular formula is C7H15N. The lowest BCUT2D eigenvalue weighted by Crippen LogP contribution is -2.58. The number of rotatable bonds is 0. The van der Waals surface area contributed by atoms with Crippen molar-refractivity contribution in [3.63, 3.8) is 0 Å². The second kappa shape index (κ2) is 1.27. The third-order valence-electron chi connectivity index (χ3n) is 2.82. The Morgan fingerprint density at radius 3 is 1.50 bits per heavy atom. The van der Waals surface area contributed by atoms with E-state index >= 15 is 0 Å². The van der Waals surface area contributed by atoms with Crippen molar-refractivity contribution in [1.29, 1.82) is 0 Å². The molecule has 0 aromatic heterocycles. The van der Waals surface area contributed by atoms with Crippen molar-refractivity contribution in [2.75, 3.05) is 0 Å². The molecule has 1 unspecified atom stereocenters. The van der Waals surface area contributed by atoms with Crippen molar-refractivity contribution in [3.05, 3.63) is 0 Å². The van der Waals surface area contributed by atoms with E-state index in [-0.39, 0.29) is 5.54 Å². The molecule has 1 aliphatic carbocycles. The molecule has 2 N–H and O–H groups in total. The summed E-state index contributed by atoms with van der Waals surface area (Å²) in [6.07, 6.45) is 2.49. The maximum absolute atomic E-state index is 5.90. The molecular weight excluding hydrogens is 98.1 g/mol. The van der Waals surface area contributed by atoms with Gasteiger partial charge in [0.1, 0.15) is 0 Å². The predicted molar refractivity (Wildman–Crippen MR) is 35.6 cm³/mol. The molecule has 0 heterocycles. The van der Waals surface area contributed by atoms with Gasteiger partial charge in [-0.3, -0.25) is 0 Å². The van der Waals surface area contributed by atoms with Gasteiger partial charge in [0.25, 0.3) is 0 Å². The molecule has 0 aromatic rings. The molecule has 0 saturated heterocycles. The average molecular weight is 113 g/mol. The van der Waals surface area contributed by atoms with Crippen molar-refractivity contribution in [2.24, 2.45) is 11.1 Å². The van der Waals surface area contributed by atoms with E-state index in [0.29, 0.717) is 5.41 Å². The van der Waals surface area contributed by atoms with Crippen LogP contribution in [0.25, 0.3) is 0 Å². The van der Waals surface area contributed by atoms with Gasteiger partial charge in [0.2, 0.25) is 0 Å². The van der Waals surface area contributed by atoms with Crippen LogP contribution in [-0.2, 0) is 0 Å². The minimum Gasteiger partial charge on any atom is -0.325 e. The Labute approximate surface area is 51.3 Å². The van der Waals surface area contributed by atoms with Crippen LogP contribution in [-0.4, -0.2) is 5.54 Å². The molecule has 0 bridgehead atoms. The molecule has 1 nitrogen and oxygen atoms in total. The molecule has 1 saturated carbocycles. The van der Waals surface area contributed by atoms with E-state index in [4.69, 9.17) is 5.73 Å². The van der Waals surface area contributed by atoms with Gasteiger partial charge in [-0.1, -0.05) is 13.8 Å². The van der Waals surface area contributed by atoms with Crippen LogP contribution in [0.2, 0.25) is 0 Å². The monoisotopic (exact) mass is 113 g/mol. The second-order valence-corrected chi connectivity index (χ2v) is 3.80. The summed E-state index contributed by atoms with van der Waals surface area (Å²) in [5, 5.41) is 0. The van der Waals surface area contributed by atoms with Gasteiger partial charge in [-0.2, -0.15) is 0 Å². The van der Waals surface area contributed by atoms with Crippen molar-refractivity contribution in [2.45, 2.75) is 39.2 Å². The van der Waals surface area contributed by atoms with Gasteiger partial charge in [-0.15, -0.1) is 0 Å². The van der Waals surface area contributed by atoms with Crippen LogP contribution in [0.5, 0.6) is 0 Å². The molecule has 1 atom stereocenters. The first-order valence-electron chi connectivity index (χ1n) is 3.25. The lowest BCUT2D eigenvalue weighted by Gasteiger charge is -2.51. The molecule has 1 heteroatoms. The van der Waals surface area contributed by atoms with Crippen molar-refractivity contribution in [1.82, 2.24) is 0 Å². The fourth-order valence-electron chi connectivity index (χ4n) is 1.02. The Hall–Kier alpha value is -0.0400. The van der Waals surface area contributed by atoms with Crippen molar-refractivity contribution < 1.29 is 0 Å². The lowest BCUT2D eigenvalue weighted by molar-refractivity contribution is 0.0512. The van der Waals surface area contributed by atoms with Crippen LogP contribution < -0.4 is 5.73 Å². The smallest absolute Gasteiger partial charge is 0.0177 e. The Bertz CT molecular complexity index is 89.0. The van der Waals surface area contributed by atoms with E-state index in [0.717, 1.165) is 0 Å². The zero-order valence-corrected chi connectivity index (χ0v) is 5.99. The van der Waals surface area contributed by atoms with Gasteiger partial charge in [0, 0.05) is 5.54 Å². The summed E-state index contributed by atoms with van der Waals surface area (Å²) in [6, 6.07) is 0. The van der Waals surface area contributed by atoms with E-state index in [1.807, 2.05) is 0 Å². The molecule has 1 aliphatic rings. The van der Waals surface area contributed by atoms with Crippen molar-refractivity contribution >= 4 is 0 Å². The minimum absolute atomic E-state index is 0.118. The van der Waals surface area contributed by atoms with Crippen LogP contribution >= 0.6 is 0 Å². The number of hydrogen-bond acceptors (Lipinski definition) is 1. The van der Waals surface area contributed by atoms with E-state index in [1.165, 1.54) is 12.8 Å². The Morgan fingerprint density at radius 1 is 1.12 bits per heavy atom. The second-order valence-electron chi connectivity index (χ2n) is 3.80. The zero-order chi connectivity index (χ0) is 6.41. The highest BCUT2D eigenvalue weighted by atomic mass is 14.8. The molecule has 48 valence electrons. The Morgan fingerprint density at radius 2 is 1.50 bits per heavy atom. The van der Waals surface area contributed by atoms with Crippen LogP contribution in [0.4, 0.5) is 0 Å². The number of nitrogens with two attached hydrogens (primary N) is 1. The third kappa shape index (κ3) is 0.576. The fraction of sp³-hybridized carbons (Fsp3) is 1.00. The molecule has 0 amide bonds. The summed E-state index contributed by atoms with van der Waals surface area (Å²) in [6.45, 7) is 6.60. The summed E-state index contributed by atoms with van der Waals surface area (Å²) >= 11 is 0. The lowest BCUT2D eigenvalue weighted by atomic mass is 9.58. The Kier molecular flexibility index (Phi) is 0.965. The standard InChI is InChI=1S/C7H15N/c1-6(2)4-5-7(6,3)8/h4-5,8H2,1-3H3. The molecule has 1 fully saturated rings. The highest BCUT2D eigenvalue weighted by Crippen LogP contribution is 2.46. The first kappa shape index (κ1) is 6.09. The summed E-state index contributed by atoms with van der Waals surface area (Å²) in [7, 11) is 0. The zero-order valence-electron chi connectivity index (χ0n) is 5.99. The van der Waals surface area contributed by atoms with E-state index in [2.05, 4.69) is 20.8 Å². The van der Waals surface area contributed by atoms with Crippen LogP contribution in [0.1, 0.15) is 33.6 Å². The van der Waals surface area contributed by atoms with Crippen molar-refractivity contribution in [3.8, 4) is 0 Å². The van der Waals surface area contributed by atoms with E-state index in [1.54, 1.807) is 0 Å². The third-order valence-corrected chi connectivity index (χ3v) is 2.82. The normalized spacial score (nSPS) is 43.5. The molecule has 1 rings (SSSR count). The summed E-state index contributed by atoms with van der Waals surface area (Å²) in [4.78, 5) is 0. The largest absolute Gasteiger partial charge is 0.325 e. The highest BCUT2D eigenvalue weighted by molar-refractivity contribution is 5.03. The van der Waals surface area contributed by atoms with Gasteiger partial charge in [0.15, 0.2) is 0 Å². The van der Waals surface area contributed by atoms with Crippen LogP contribution in [0, 0.1) is 5.41 Å². The quantitative estimate of drug-likeness (QED) is 0.506. The van der Waals surface area contributed by atoms with Gasteiger partial charge in [0.05, 0.1) is 0 Å². The minimum atomic E-state index is 0.118. The van der Waals surface area contributed by atoms with Gasteiger partial charge >= 0.3 is 0 Å². The average Bonchev–Trinajstić information content (AvgIpc) is 1.64. The molecule has 0 aliphatic heterocycles. The summed E-state index contributed by atoms with van der Waals surface area (Å²) in [5.74, 6) is 0. The fourth-order valence-corrected chi connectivity index (χ4v) is 1.02. The maximum atomic E-state index is 5.90. The maximum Gasteiger partial charge on any atom is 0.0177 e. The summed E-state index contributed by atoms with van der Waals surface area (Å²) in [5.41, 5.74) is 6.41. The predicted octanol–water partition coefficient (Wildman–Crippen LogP) is 1.52. The molecule has 0 spiro atoms. The highest BCUT2D eigenvalue weighted by Gasteiger charge is 2.45. The van der Waals surface area contributed by atoms with Gasteiger partial charge < -0.3 is 5.73 Å². The molecule has 0 radical (unpaired) electrons. The summed E-state index contributed by atoms with van der Waals surface area (Å²) < 4.78 is 0. The molecule has 0 aromatic carbocycles. The van der Waals surface area contributed by atoms with E-state index < -0.39 is 0 Å². The first-order chi connectivity index (χ1) is 3.46. The SMILES string of the molecule is CC1(C)CCC1(C)N. The van der Waals surface area contributed by atoms with Crippen LogP contribution in [0.3, 0.4) is 0 Å².